The van der Waals surface area contributed by atoms with E-state index >= 15 is 0 Å². The van der Waals surface area contributed by atoms with E-state index in [2.05, 4.69) is 54.1 Å². The zero-order valence-electron chi connectivity index (χ0n) is 10.9. The van der Waals surface area contributed by atoms with Gasteiger partial charge in [-0.2, -0.15) is 11.3 Å². The second-order valence-electron chi connectivity index (χ2n) is 4.90. The van der Waals surface area contributed by atoms with Crippen molar-refractivity contribution < 1.29 is 0 Å². The van der Waals surface area contributed by atoms with E-state index < -0.39 is 0 Å². The van der Waals surface area contributed by atoms with Crippen molar-refractivity contribution >= 4 is 11.3 Å². The molecule has 1 unspecified atom stereocenters. The lowest BCUT2D eigenvalue weighted by Gasteiger charge is -2.30. The summed E-state index contributed by atoms with van der Waals surface area (Å²) in [7, 11) is 0. The second kappa shape index (κ2) is 6.17. The number of aryl methyl sites for hydroxylation is 1. The van der Waals surface area contributed by atoms with Gasteiger partial charge in [0.2, 0.25) is 0 Å². The molecule has 0 spiro atoms. The standard InChI is InChI=1S/C16H21NS/c1-2-10-16(17,15-6-4-3-5-7-15)11-8-14-9-12-18-13-14/h3-7,9,12-13H,2,8,10-11,17H2,1H3. The van der Waals surface area contributed by atoms with Crippen molar-refractivity contribution in [3.63, 3.8) is 0 Å². The quantitative estimate of drug-likeness (QED) is 0.820. The van der Waals surface area contributed by atoms with Crippen LogP contribution in [0.4, 0.5) is 0 Å². The molecule has 0 aliphatic rings. The van der Waals surface area contributed by atoms with E-state index in [1.54, 1.807) is 11.3 Å². The number of benzene rings is 1. The number of hydrogen-bond acceptors (Lipinski definition) is 2. The zero-order valence-corrected chi connectivity index (χ0v) is 11.7. The first-order valence-electron chi connectivity index (χ1n) is 6.60. The average Bonchev–Trinajstić information content (AvgIpc) is 2.91. The van der Waals surface area contributed by atoms with Crippen molar-refractivity contribution in [3.8, 4) is 0 Å². The van der Waals surface area contributed by atoms with Crippen molar-refractivity contribution in [2.24, 2.45) is 5.73 Å². The van der Waals surface area contributed by atoms with E-state index in [9.17, 15) is 0 Å². The van der Waals surface area contributed by atoms with Gasteiger partial charge >= 0.3 is 0 Å². The minimum atomic E-state index is -0.183. The Morgan fingerprint density at radius 1 is 1.11 bits per heavy atom. The Bertz CT molecular complexity index is 449. The van der Waals surface area contributed by atoms with Crippen LogP contribution in [-0.4, -0.2) is 0 Å². The van der Waals surface area contributed by atoms with Gasteiger partial charge in [0.15, 0.2) is 0 Å². The highest BCUT2D eigenvalue weighted by Gasteiger charge is 2.25. The van der Waals surface area contributed by atoms with Crippen LogP contribution < -0.4 is 5.73 Å². The van der Waals surface area contributed by atoms with E-state index in [0.29, 0.717) is 0 Å². The molecule has 0 saturated heterocycles. The number of hydrogen-bond donors (Lipinski definition) is 1. The van der Waals surface area contributed by atoms with Crippen LogP contribution >= 0.6 is 11.3 Å². The Morgan fingerprint density at radius 2 is 1.89 bits per heavy atom. The maximum Gasteiger partial charge on any atom is 0.0412 e. The Balaban J connectivity index is 2.11. The molecule has 0 amide bonds. The van der Waals surface area contributed by atoms with E-state index in [0.717, 1.165) is 25.7 Å². The highest BCUT2D eigenvalue weighted by atomic mass is 32.1. The van der Waals surface area contributed by atoms with Crippen LogP contribution in [0.5, 0.6) is 0 Å². The fourth-order valence-electron chi connectivity index (χ4n) is 2.43. The van der Waals surface area contributed by atoms with Gasteiger partial charge in [-0.3, -0.25) is 0 Å². The van der Waals surface area contributed by atoms with Gasteiger partial charge in [-0.15, -0.1) is 0 Å². The van der Waals surface area contributed by atoms with E-state index in [1.165, 1.54) is 11.1 Å². The van der Waals surface area contributed by atoms with Gasteiger partial charge in [0.25, 0.3) is 0 Å². The van der Waals surface area contributed by atoms with Crippen LogP contribution in [0.15, 0.2) is 47.2 Å². The molecule has 0 aliphatic carbocycles. The molecule has 2 N–H and O–H groups in total. The molecule has 0 aliphatic heterocycles. The van der Waals surface area contributed by atoms with Crippen LogP contribution in [0.25, 0.3) is 0 Å². The highest BCUT2D eigenvalue weighted by Crippen LogP contribution is 2.29. The number of thiophene rings is 1. The molecule has 96 valence electrons. The second-order valence-corrected chi connectivity index (χ2v) is 5.68. The Kier molecular flexibility index (Phi) is 4.56. The lowest BCUT2D eigenvalue weighted by Crippen LogP contribution is -2.37. The van der Waals surface area contributed by atoms with Crippen LogP contribution in [0.1, 0.15) is 37.3 Å². The molecular weight excluding hydrogens is 238 g/mol. The van der Waals surface area contributed by atoms with Gasteiger partial charge in [0.05, 0.1) is 0 Å². The van der Waals surface area contributed by atoms with Gasteiger partial charge in [0, 0.05) is 5.54 Å². The Labute approximate surface area is 114 Å². The number of nitrogens with two attached hydrogens (primary N) is 1. The van der Waals surface area contributed by atoms with E-state index in [1.807, 2.05) is 0 Å². The van der Waals surface area contributed by atoms with Gasteiger partial charge in [-0.25, -0.2) is 0 Å². The molecule has 0 saturated carbocycles. The fraction of sp³-hybridized carbons (Fsp3) is 0.375. The predicted octanol–water partition coefficient (Wildman–Crippen LogP) is 4.34. The molecule has 1 nitrogen and oxygen atoms in total. The summed E-state index contributed by atoms with van der Waals surface area (Å²) in [5.41, 5.74) is 9.14. The largest absolute Gasteiger partial charge is 0.321 e. The first-order chi connectivity index (χ1) is 8.74. The molecule has 1 atom stereocenters. The number of rotatable bonds is 6. The minimum absolute atomic E-state index is 0.183. The molecule has 0 bridgehead atoms. The fourth-order valence-corrected chi connectivity index (χ4v) is 3.14. The van der Waals surface area contributed by atoms with Crippen molar-refractivity contribution in [1.82, 2.24) is 0 Å². The third-order valence-corrected chi connectivity index (χ3v) is 4.22. The first-order valence-corrected chi connectivity index (χ1v) is 7.54. The molecule has 1 aromatic carbocycles. The summed E-state index contributed by atoms with van der Waals surface area (Å²) >= 11 is 1.76. The monoisotopic (exact) mass is 259 g/mol. The normalized spacial score (nSPS) is 14.3. The van der Waals surface area contributed by atoms with Gasteiger partial charge in [-0.1, -0.05) is 43.7 Å². The maximum absolute atomic E-state index is 6.65. The van der Waals surface area contributed by atoms with Gasteiger partial charge < -0.3 is 5.73 Å². The highest BCUT2D eigenvalue weighted by molar-refractivity contribution is 7.07. The summed E-state index contributed by atoms with van der Waals surface area (Å²) in [4.78, 5) is 0. The average molecular weight is 259 g/mol. The molecule has 2 heteroatoms. The van der Waals surface area contributed by atoms with Crippen LogP contribution in [0.3, 0.4) is 0 Å². The molecule has 2 aromatic rings. The molecular formula is C16H21NS. The van der Waals surface area contributed by atoms with Gasteiger partial charge in [-0.05, 0) is 47.2 Å². The van der Waals surface area contributed by atoms with E-state index in [4.69, 9.17) is 5.73 Å². The van der Waals surface area contributed by atoms with Crippen LogP contribution in [-0.2, 0) is 12.0 Å². The lowest BCUT2D eigenvalue weighted by atomic mass is 9.82. The SMILES string of the molecule is CCCC(N)(CCc1ccsc1)c1ccccc1. The smallest absolute Gasteiger partial charge is 0.0412 e. The summed E-state index contributed by atoms with van der Waals surface area (Å²) in [6, 6.07) is 12.7. The van der Waals surface area contributed by atoms with Crippen LogP contribution in [0.2, 0.25) is 0 Å². The van der Waals surface area contributed by atoms with E-state index in [-0.39, 0.29) is 5.54 Å². The van der Waals surface area contributed by atoms with Crippen LogP contribution in [0, 0.1) is 0 Å². The summed E-state index contributed by atoms with van der Waals surface area (Å²) < 4.78 is 0. The van der Waals surface area contributed by atoms with Crippen molar-refractivity contribution in [2.75, 3.05) is 0 Å². The third-order valence-electron chi connectivity index (χ3n) is 3.48. The third kappa shape index (κ3) is 3.21. The summed E-state index contributed by atoms with van der Waals surface area (Å²) in [6.07, 6.45) is 4.24. The summed E-state index contributed by atoms with van der Waals surface area (Å²) in [6.45, 7) is 2.20. The molecule has 1 aromatic heterocycles. The minimum Gasteiger partial charge on any atom is -0.321 e. The first kappa shape index (κ1) is 13.3. The Morgan fingerprint density at radius 3 is 2.50 bits per heavy atom. The molecule has 0 fully saturated rings. The molecule has 2 rings (SSSR count). The molecule has 0 radical (unpaired) electrons. The lowest BCUT2D eigenvalue weighted by molar-refractivity contribution is 0.374. The Hall–Kier alpha value is -1.12. The van der Waals surface area contributed by atoms with Crippen molar-refractivity contribution in [1.29, 1.82) is 0 Å². The predicted molar refractivity (Wildman–Crippen MR) is 79.9 cm³/mol. The van der Waals surface area contributed by atoms with Crippen molar-refractivity contribution in [2.45, 2.75) is 38.1 Å². The zero-order chi connectivity index (χ0) is 12.8. The van der Waals surface area contributed by atoms with Crippen molar-refractivity contribution in [3.05, 3.63) is 58.3 Å². The molecule has 1 heterocycles. The molecule has 18 heavy (non-hydrogen) atoms. The maximum atomic E-state index is 6.65. The topological polar surface area (TPSA) is 26.0 Å². The summed E-state index contributed by atoms with van der Waals surface area (Å²) in [5.74, 6) is 0. The van der Waals surface area contributed by atoms with Gasteiger partial charge in [0.1, 0.15) is 0 Å². The summed E-state index contributed by atoms with van der Waals surface area (Å²) in [5, 5.41) is 4.35.